The molecule has 1 fully saturated rings. The van der Waals surface area contributed by atoms with Crippen molar-refractivity contribution in [1.82, 2.24) is 0 Å². The zero-order chi connectivity index (χ0) is 66.0. The van der Waals surface area contributed by atoms with Crippen LogP contribution in [-0.2, 0) is 35.9 Å². The van der Waals surface area contributed by atoms with Crippen molar-refractivity contribution in [2.45, 2.75) is 284 Å². The van der Waals surface area contributed by atoms with Crippen molar-refractivity contribution in [1.29, 1.82) is 0 Å². The molecule has 7 rings (SSSR count). The lowest BCUT2D eigenvalue weighted by Crippen LogP contribution is -2.14. The van der Waals surface area contributed by atoms with Crippen LogP contribution in [0.25, 0.3) is 0 Å². The van der Waals surface area contributed by atoms with Crippen LogP contribution in [0, 0.1) is 0 Å². The number of ether oxygens (including phenoxy) is 6. The minimum atomic E-state index is -0.175. The largest absolute Gasteiger partial charge is 0.491 e. The number of hydrogen-bond donors (Lipinski definition) is 1. The van der Waals surface area contributed by atoms with Crippen LogP contribution in [-0.4, -0.2) is 97.9 Å². The molecule has 0 radical (unpaired) electrons. The number of thioether (sulfide) groups is 2. The molecule has 0 aliphatic carbocycles. The van der Waals surface area contributed by atoms with E-state index < -0.39 is 0 Å². The van der Waals surface area contributed by atoms with Gasteiger partial charge in [-0.05, 0) is 137 Å². The molecule has 16 heteroatoms. The van der Waals surface area contributed by atoms with Crippen molar-refractivity contribution in [2.75, 3.05) is 81.6 Å². The molecule has 0 saturated carbocycles. The molecule has 0 amide bonds. The third-order valence-electron chi connectivity index (χ3n) is 16.9. The fourth-order valence-corrected chi connectivity index (χ4v) is 20.1. The number of rotatable bonds is 28. The summed E-state index contributed by atoms with van der Waals surface area (Å²) in [7, 11) is 4.01. The highest BCUT2D eigenvalue weighted by molar-refractivity contribution is 8.77. The van der Waals surface area contributed by atoms with Crippen LogP contribution in [0.15, 0.2) is 87.7 Å². The van der Waals surface area contributed by atoms with Gasteiger partial charge in [0.05, 0.1) is 85.4 Å². The average Bonchev–Trinajstić information content (AvgIpc) is 0.823. The second-order valence-corrected chi connectivity index (χ2v) is 38.6. The second kappa shape index (κ2) is 39.8. The summed E-state index contributed by atoms with van der Waals surface area (Å²) in [5.41, 5.74) is 4.31. The van der Waals surface area contributed by atoms with Gasteiger partial charge in [-0.3, -0.25) is 4.79 Å². The molecular weight excluding hydrogens is 1300 g/mol. The number of aliphatic hydroxyl groups is 1. The highest BCUT2D eigenvalue weighted by Crippen LogP contribution is 2.57. The van der Waals surface area contributed by atoms with Gasteiger partial charge in [0.25, 0.3) is 0 Å². The second-order valence-electron chi connectivity index (χ2n) is 29.0. The first-order valence-electron chi connectivity index (χ1n) is 34.8. The Kier molecular flexibility index (Phi) is 33.5. The fraction of sp³-hybridized carbons (Fsp3) is 0.671. The van der Waals surface area contributed by atoms with Gasteiger partial charge in [0.15, 0.2) is 0 Å². The standard InChI is InChI=1S/C76H114O8S8/c1-73(2,3)55-47-60-69(81-36-29-23-19-14-13-17-21-27-34-77)61(48-55)89-65-52-58(76(10,11)12)54-67-72(65)84-41-46-86-44-39-79-38-43-85-45-40-83-71-64(88-60)51-57(75(7,8)9)53-66(71)90-62-49-56(74(4,5)6)50-63(91-67)70(62)82-37-30-24-20-16-15-18-22-28-35-80-68(78)32-26-25-31-59-33-42-87-92-59/h47-54,59,77H,13-46H2,1-12H3. The Morgan fingerprint density at radius 3 is 1.14 bits per heavy atom. The van der Waals surface area contributed by atoms with Crippen molar-refractivity contribution in [3.63, 3.8) is 0 Å². The van der Waals surface area contributed by atoms with Crippen molar-refractivity contribution < 1.29 is 38.3 Å². The van der Waals surface area contributed by atoms with Crippen LogP contribution in [0.3, 0.4) is 0 Å². The molecule has 3 aliphatic heterocycles. The Balaban J connectivity index is 1.27. The number of aliphatic hydroxyl groups excluding tert-OH is 1. The first-order chi connectivity index (χ1) is 44.1. The van der Waals surface area contributed by atoms with Gasteiger partial charge in [0, 0.05) is 47.0 Å². The summed E-state index contributed by atoms with van der Waals surface area (Å²) in [6.07, 6.45) is 22.8. The minimum Gasteiger partial charge on any atom is -0.491 e. The monoisotopic (exact) mass is 1410 g/mol. The summed E-state index contributed by atoms with van der Waals surface area (Å²) < 4.78 is 41.0. The number of esters is 1. The molecule has 0 aromatic heterocycles. The lowest BCUT2D eigenvalue weighted by atomic mass is 9.87. The van der Waals surface area contributed by atoms with Crippen LogP contribution >= 0.6 is 92.2 Å². The fourth-order valence-electron chi connectivity index (χ4n) is 11.0. The van der Waals surface area contributed by atoms with E-state index in [9.17, 15) is 9.90 Å². The van der Waals surface area contributed by atoms with Gasteiger partial charge in [0.1, 0.15) is 23.0 Å². The van der Waals surface area contributed by atoms with Gasteiger partial charge >= 0.3 is 5.97 Å². The van der Waals surface area contributed by atoms with Crippen molar-refractivity contribution in [2.24, 2.45) is 0 Å². The molecule has 1 saturated heterocycles. The summed E-state index contributed by atoms with van der Waals surface area (Å²) in [6.45, 7) is 32.5. The first-order valence-corrected chi connectivity index (χ1v) is 42.8. The topological polar surface area (TPSA) is 92.7 Å². The number of unbranched alkanes of at least 4 members (excludes halogenated alkanes) is 15. The number of carbonyl (C=O) groups excluding carboxylic acids is 1. The molecule has 1 unspecified atom stereocenters. The summed E-state index contributed by atoms with van der Waals surface area (Å²) >= 11 is 11.0. The quantitative estimate of drug-likeness (QED) is 0.0292. The zero-order valence-corrected chi connectivity index (χ0v) is 64.8. The highest BCUT2D eigenvalue weighted by atomic mass is 33.1. The Labute approximate surface area is 591 Å². The van der Waals surface area contributed by atoms with Crippen LogP contribution in [0.2, 0.25) is 0 Å². The van der Waals surface area contributed by atoms with E-state index in [2.05, 4.69) is 132 Å². The van der Waals surface area contributed by atoms with Crippen LogP contribution < -0.4 is 18.9 Å². The van der Waals surface area contributed by atoms with Crippen LogP contribution in [0.5, 0.6) is 23.0 Å². The normalized spacial score (nSPS) is 16.4. The number of benzene rings is 4. The van der Waals surface area contributed by atoms with E-state index in [0.717, 1.165) is 167 Å². The number of fused-ring (bicyclic) bond motifs is 2. The van der Waals surface area contributed by atoms with E-state index in [1.165, 1.54) is 79.4 Å². The lowest BCUT2D eigenvalue weighted by molar-refractivity contribution is -0.143. The van der Waals surface area contributed by atoms with Gasteiger partial charge in [-0.15, -0.1) is 0 Å². The summed E-state index contributed by atoms with van der Waals surface area (Å²) in [6, 6.07) is 19.2. The van der Waals surface area contributed by atoms with Gasteiger partial charge < -0.3 is 33.5 Å². The number of carbonyl (C=O) groups is 1. The molecule has 514 valence electrons. The van der Waals surface area contributed by atoms with Crippen molar-refractivity contribution >= 4 is 98.1 Å². The Hall–Kier alpha value is -1.73. The maximum atomic E-state index is 12.4. The van der Waals surface area contributed by atoms with Crippen molar-refractivity contribution in [3.05, 3.63) is 70.8 Å². The maximum Gasteiger partial charge on any atom is 0.305 e. The van der Waals surface area contributed by atoms with Gasteiger partial charge in [-0.1, -0.05) is 235 Å². The predicted octanol–water partition coefficient (Wildman–Crippen LogP) is 23.3. The minimum absolute atomic E-state index is 0.0276. The molecule has 1 N–H and O–H groups in total. The molecule has 4 aromatic carbocycles. The predicted molar refractivity (Wildman–Crippen MR) is 403 cm³/mol. The average molecular weight is 1410 g/mol. The van der Waals surface area contributed by atoms with E-state index >= 15 is 0 Å². The third-order valence-corrected chi connectivity index (χ3v) is 25.9. The maximum absolute atomic E-state index is 12.4. The van der Waals surface area contributed by atoms with E-state index in [1.54, 1.807) is 47.0 Å². The summed E-state index contributed by atoms with van der Waals surface area (Å²) in [4.78, 5) is 21.1. The Morgan fingerprint density at radius 1 is 0.435 bits per heavy atom. The van der Waals surface area contributed by atoms with E-state index in [0.29, 0.717) is 52.7 Å². The van der Waals surface area contributed by atoms with Crippen LogP contribution in [0.4, 0.5) is 0 Å². The molecule has 0 spiro atoms. The summed E-state index contributed by atoms with van der Waals surface area (Å²) in [5, 5.41) is 10.1. The molecule has 1 atom stereocenters. The van der Waals surface area contributed by atoms with Gasteiger partial charge in [-0.25, -0.2) is 0 Å². The van der Waals surface area contributed by atoms with E-state index in [-0.39, 0.29) is 34.2 Å². The SMILES string of the molecule is CC(C)(C)c1cc2c(OCCCCCCCCCCO)c(c1)Sc1cc(C(C)(C)C)cc3c1OCCSCCOCCSCCOc1c(cc(C(C)(C)C)cc1Sc1cc(C(C)(C)C)cc(c1OCCCCCCCCCCOC(=O)CCCCC1CCSS1)S3)S2. The summed E-state index contributed by atoms with van der Waals surface area (Å²) in [5.74, 6) is 8.35. The van der Waals surface area contributed by atoms with Gasteiger partial charge in [0.2, 0.25) is 0 Å². The zero-order valence-electron chi connectivity index (χ0n) is 58.3. The van der Waals surface area contributed by atoms with Crippen LogP contribution in [0.1, 0.15) is 240 Å². The van der Waals surface area contributed by atoms with E-state index in [1.807, 2.05) is 45.1 Å². The molecule has 10 bridgehead atoms. The molecule has 3 aliphatic rings. The molecule has 4 aromatic rings. The molecule has 3 heterocycles. The Morgan fingerprint density at radius 2 is 0.783 bits per heavy atom. The highest BCUT2D eigenvalue weighted by Gasteiger charge is 2.31. The van der Waals surface area contributed by atoms with Crippen molar-refractivity contribution in [3.8, 4) is 23.0 Å². The molecule has 92 heavy (non-hydrogen) atoms. The lowest BCUT2D eigenvalue weighted by Gasteiger charge is -2.28. The van der Waals surface area contributed by atoms with E-state index in [4.69, 9.17) is 28.4 Å². The molecular formula is C76H114O8S8. The van der Waals surface area contributed by atoms with Gasteiger partial charge in [-0.2, -0.15) is 23.5 Å². The Bertz CT molecular complexity index is 2730. The third kappa shape index (κ3) is 26.5. The number of hydrogen-bond acceptors (Lipinski definition) is 16. The molecule has 8 nitrogen and oxygen atoms in total. The first kappa shape index (κ1) is 77.6. The smallest absolute Gasteiger partial charge is 0.305 e.